The molecule has 2 atom stereocenters. The zero-order valence-corrected chi connectivity index (χ0v) is 13.5. The van der Waals surface area contributed by atoms with E-state index in [9.17, 15) is 9.59 Å². The number of aliphatic carboxylic acids is 1. The Morgan fingerprint density at radius 2 is 1.75 bits per heavy atom. The van der Waals surface area contributed by atoms with Crippen LogP contribution in [0.15, 0.2) is 0 Å². The van der Waals surface area contributed by atoms with Crippen LogP contribution in [0.1, 0.15) is 53.4 Å². The Balaban J connectivity index is 3.89. The second kappa shape index (κ2) is 9.61. The van der Waals surface area contributed by atoms with E-state index in [1.807, 2.05) is 14.0 Å². The molecule has 118 valence electrons. The molecule has 0 heterocycles. The number of carbonyl (C=O) groups is 2. The summed E-state index contributed by atoms with van der Waals surface area (Å²) in [5.74, 6) is 0.115. The van der Waals surface area contributed by atoms with E-state index in [0.717, 1.165) is 12.8 Å². The molecule has 20 heavy (non-hydrogen) atoms. The molecule has 0 aromatic heterocycles. The van der Waals surface area contributed by atoms with Gasteiger partial charge in [-0.05, 0) is 38.0 Å². The van der Waals surface area contributed by atoms with Gasteiger partial charge in [-0.2, -0.15) is 0 Å². The van der Waals surface area contributed by atoms with Crippen LogP contribution in [-0.4, -0.2) is 41.6 Å². The first-order valence-corrected chi connectivity index (χ1v) is 7.46. The van der Waals surface area contributed by atoms with Crippen LogP contribution in [0, 0.1) is 11.8 Å². The van der Waals surface area contributed by atoms with E-state index in [4.69, 9.17) is 5.11 Å². The summed E-state index contributed by atoms with van der Waals surface area (Å²) >= 11 is 0. The maximum Gasteiger partial charge on any atom is 0.317 e. The van der Waals surface area contributed by atoms with Crippen molar-refractivity contribution in [3.63, 3.8) is 0 Å². The summed E-state index contributed by atoms with van der Waals surface area (Å²) in [6.45, 7) is 8.95. The van der Waals surface area contributed by atoms with Crippen molar-refractivity contribution >= 4 is 12.0 Å². The minimum Gasteiger partial charge on any atom is -0.481 e. The normalized spacial score (nSPS) is 13.9. The second-order valence-corrected chi connectivity index (χ2v) is 6.15. The molecule has 0 aromatic rings. The quantitative estimate of drug-likeness (QED) is 0.684. The molecule has 0 aromatic carbocycles. The molecule has 0 spiro atoms. The van der Waals surface area contributed by atoms with Crippen LogP contribution in [-0.2, 0) is 4.79 Å². The van der Waals surface area contributed by atoms with Gasteiger partial charge in [0, 0.05) is 26.1 Å². The highest BCUT2D eigenvalue weighted by Gasteiger charge is 2.16. The molecule has 0 aliphatic heterocycles. The monoisotopic (exact) mass is 286 g/mol. The predicted octanol–water partition coefficient (Wildman–Crippen LogP) is 2.95. The van der Waals surface area contributed by atoms with Crippen molar-refractivity contribution in [2.24, 2.45) is 11.8 Å². The van der Waals surface area contributed by atoms with Crippen molar-refractivity contribution in [1.29, 1.82) is 0 Å². The molecule has 2 unspecified atom stereocenters. The molecule has 5 nitrogen and oxygen atoms in total. The highest BCUT2D eigenvalue weighted by atomic mass is 16.4. The number of urea groups is 1. The van der Waals surface area contributed by atoms with Crippen molar-refractivity contribution in [2.45, 2.75) is 59.4 Å². The summed E-state index contributed by atoms with van der Waals surface area (Å²) in [5, 5.41) is 11.5. The first-order valence-electron chi connectivity index (χ1n) is 7.46. The van der Waals surface area contributed by atoms with E-state index in [1.165, 1.54) is 0 Å². The van der Waals surface area contributed by atoms with Gasteiger partial charge in [-0.15, -0.1) is 0 Å². The van der Waals surface area contributed by atoms with Crippen molar-refractivity contribution in [1.82, 2.24) is 10.2 Å². The van der Waals surface area contributed by atoms with Gasteiger partial charge in [0.1, 0.15) is 0 Å². The third kappa shape index (κ3) is 8.77. The molecule has 0 radical (unpaired) electrons. The summed E-state index contributed by atoms with van der Waals surface area (Å²) in [5.41, 5.74) is 0. The van der Waals surface area contributed by atoms with Gasteiger partial charge >= 0.3 is 12.0 Å². The number of hydrogen-bond acceptors (Lipinski definition) is 2. The molecule has 0 aliphatic rings. The Kier molecular flexibility index (Phi) is 9.01. The SMILES string of the molecule is CC(C)CC(C)N(C)C(=O)NCCC(C)CCC(=O)O. The average molecular weight is 286 g/mol. The number of nitrogens with zero attached hydrogens (tertiary/aromatic N) is 1. The highest BCUT2D eigenvalue weighted by Crippen LogP contribution is 2.11. The molecule has 2 N–H and O–H groups in total. The number of carbonyl (C=O) groups excluding carboxylic acids is 1. The molecule has 0 saturated carbocycles. The van der Waals surface area contributed by atoms with Crippen LogP contribution < -0.4 is 5.32 Å². The molecule has 0 aliphatic carbocycles. The van der Waals surface area contributed by atoms with E-state index in [-0.39, 0.29) is 18.5 Å². The summed E-state index contributed by atoms with van der Waals surface area (Å²) in [6, 6.07) is 0.169. The fourth-order valence-corrected chi connectivity index (χ4v) is 2.10. The van der Waals surface area contributed by atoms with Gasteiger partial charge in [0.25, 0.3) is 0 Å². The topological polar surface area (TPSA) is 69.6 Å². The molecule has 0 saturated heterocycles. The number of hydrogen-bond donors (Lipinski definition) is 2. The summed E-state index contributed by atoms with van der Waals surface area (Å²) in [6.07, 6.45) is 2.65. The van der Waals surface area contributed by atoms with Crippen molar-refractivity contribution in [3.8, 4) is 0 Å². The number of amides is 2. The van der Waals surface area contributed by atoms with Crippen LogP contribution in [0.2, 0.25) is 0 Å². The summed E-state index contributed by atoms with van der Waals surface area (Å²) in [7, 11) is 1.82. The van der Waals surface area contributed by atoms with Crippen LogP contribution in [0.25, 0.3) is 0 Å². The van der Waals surface area contributed by atoms with E-state index < -0.39 is 5.97 Å². The van der Waals surface area contributed by atoms with Crippen LogP contribution in [0.3, 0.4) is 0 Å². The lowest BCUT2D eigenvalue weighted by Crippen LogP contribution is -2.43. The first-order chi connectivity index (χ1) is 9.23. The number of carboxylic acids is 1. The zero-order chi connectivity index (χ0) is 15.7. The van der Waals surface area contributed by atoms with Gasteiger partial charge in [-0.3, -0.25) is 4.79 Å². The van der Waals surface area contributed by atoms with Gasteiger partial charge in [0.2, 0.25) is 0 Å². The fraction of sp³-hybridized carbons (Fsp3) is 0.867. The average Bonchev–Trinajstić information content (AvgIpc) is 2.34. The summed E-state index contributed by atoms with van der Waals surface area (Å²) in [4.78, 5) is 24.1. The van der Waals surface area contributed by atoms with Crippen molar-refractivity contribution in [2.75, 3.05) is 13.6 Å². The largest absolute Gasteiger partial charge is 0.481 e. The Morgan fingerprint density at radius 3 is 2.25 bits per heavy atom. The van der Waals surface area contributed by atoms with Crippen LogP contribution in [0.4, 0.5) is 4.79 Å². The van der Waals surface area contributed by atoms with Gasteiger partial charge in [-0.25, -0.2) is 4.79 Å². The maximum absolute atomic E-state index is 11.9. The minimum atomic E-state index is -0.761. The van der Waals surface area contributed by atoms with Crippen LogP contribution in [0.5, 0.6) is 0 Å². The maximum atomic E-state index is 11.9. The zero-order valence-electron chi connectivity index (χ0n) is 13.5. The smallest absolute Gasteiger partial charge is 0.317 e. The van der Waals surface area contributed by atoms with Crippen molar-refractivity contribution in [3.05, 3.63) is 0 Å². The van der Waals surface area contributed by atoms with E-state index in [0.29, 0.717) is 24.8 Å². The highest BCUT2D eigenvalue weighted by molar-refractivity contribution is 5.74. The number of nitrogens with one attached hydrogen (secondary N) is 1. The Bertz CT molecular complexity index is 305. The molecule has 2 amide bonds. The Morgan fingerprint density at radius 1 is 1.15 bits per heavy atom. The van der Waals surface area contributed by atoms with E-state index in [1.54, 1.807) is 4.90 Å². The third-order valence-electron chi connectivity index (χ3n) is 3.56. The van der Waals surface area contributed by atoms with Gasteiger partial charge in [0.05, 0.1) is 0 Å². The lowest BCUT2D eigenvalue weighted by molar-refractivity contribution is -0.137. The second-order valence-electron chi connectivity index (χ2n) is 6.15. The van der Waals surface area contributed by atoms with Gasteiger partial charge < -0.3 is 15.3 Å². The van der Waals surface area contributed by atoms with E-state index in [2.05, 4.69) is 26.1 Å². The fourth-order valence-electron chi connectivity index (χ4n) is 2.10. The standard InChI is InChI=1S/C15H30N2O3/c1-11(2)10-13(4)17(5)15(20)16-9-8-12(3)6-7-14(18)19/h11-13H,6-10H2,1-5H3,(H,16,20)(H,18,19). The number of carboxylic acid groups (broad SMARTS) is 1. The minimum absolute atomic E-state index is 0.0522. The Hall–Kier alpha value is -1.26. The molecular formula is C15H30N2O3. The summed E-state index contributed by atoms with van der Waals surface area (Å²) < 4.78 is 0. The molecule has 0 fully saturated rings. The van der Waals surface area contributed by atoms with Gasteiger partial charge in [0.15, 0.2) is 0 Å². The third-order valence-corrected chi connectivity index (χ3v) is 3.56. The number of rotatable bonds is 9. The van der Waals surface area contributed by atoms with Gasteiger partial charge in [-0.1, -0.05) is 20.8 Å². The molecule has 0 bridgehead atoms. The lowest BCUT2D eigenvalue weighted by atomic mass is 10.0. The molecule has 0 rings (SSSR count). The molecular weight excluding hydrogens is 256 g/mol. The van der Waals surface area contributed by atoms with Crippen molar-refractivity contribution < 1.29 is 14.7 Å². The first kappa shape index (κ1) is 18.7. The molecule has 5 heteroatoms. The predicted molar refractivity (Wildman–Crippen MR) is 80.7 cm³/mol. The lowest BCUT2D eigenvalue weighted by Gasteiger charge is -2.26. The Labute approximate surface area is 122 Å². The van der Waals surface area contributed by atoms with E-state index >= 15 is 0 Å². The van der Waals surface area contributed by atoms with Crippen LogP contribution >= 0.6 is 0 Å².